The number of furan rings is 1. The van der Waals surface area contributed by atoms with Crippen molar-refractivity contribution in [1.29, 1.82) is 0 Å². The lowest BCUT2D eigenvalue weighted by Gasteiger charge is -2.09. The maximum atomic E-state index is 13.1. The molecule has 2 aromatic carbocycles. The molecule has 0 bridgehead atoms. The molecule has 31 heavy (non-hydrogen) atoms. The molecule has 0 aliphatic heterocycles. The lowest BCUT2D eigenvalue weighted by molar-refractivity contribution is 0.0948. The second-order valence-electron chi connectivity index (χ2n) is 6.85. The Labute approximate surface area is 177 Å². The van der Waals surface area contributed by atoms with E-state index in [1.54, 1.807) is 54.1 Å². The monoisotopic (exact) mass is 418 g/mol. The number of nitrogens with zero attached hydrogens (tertiary/aromatic N) is 2. The first-order chi connectivity index (χ1) is 15.0. The molecule has 0 radical (unpaired) electrons. The van der Waals surface area contributed by atoms with E-state index >= 15 is 0 Å². The van der Waals surface area contributed by atoms with Crippen LogP contribution in [0, 0.1) is 12.7 Å². The highest BCUT2D eigenvalue weighted by Gasteiger charge is 2.15. The molecule has 0 atom stereocenters. The van der Waals surface area contributed by atoms with Crippen LogP contribution < -0.4 is 10.6 Å². The summed E-state index contributed by atoms with van der Waals surface area (Å²) in [5.74, 6) is -0.757. The fourth-order valence-electron chi connectivity index (χ4n) is 3.11. The maximum absolute atomic E-state index is 13.1. The number of halogens is 1. The zero-order valence-electron chi connectivity index (χ0n) is 16.6. The maximum Gasteiger partial charge on any atom is 0.291 e. The molecule has 7 nitrogen and oxygen atoms in total. The summed E-state index contributed by atoms with van der Waals surface area (Å²) in [6, 6.07) is 16.3. The Balaban J connectivity index is 1.41. The Bertz CT molecular complexity index is 1210. The van der Waals surface area contributed by atoms with Gasteiger partial charge in [0.15, 0.2) is 5.76 Å². The van der Waals surface area contributed by atoms with Crippen molar-refractivity contribution in [3.8, 4) is 5.69 Å². The van der Waals surface area contributed by atoms with Crippen molar-refractivity contribution in [2.24, 2.45) is 0 Å². The third kappa shape index (κ3) is 4.53. The van der Waals surface area contributed by atoms with Crippen LogP contribution in [0.2, 0.25) is 0 Å². The van der Waals surface area contributed by atoms with E-state index in [4.69, 9.17) is 4.42 Å². The molecule has 156 valence electrons. The van der Waals surface area contributed by atoms with Crippen LogP contribution in [-0.4, -0.2) is 21.6 Å². The second-order valence-corrected chi connectivity index (χ2v) is 6.85. The molecule has 0 fully saturated rings. The average molecular weight is 418 g/mol. The van der Waals surface area contributed by atoms with Gasteiger partial charge in [-0.1, -0.05) is 12.1 Å². The highest BCUT2D eigenvalue weighted by Crippen LogP contribution is 2.16. The smallest absolute Gasteiger partial charge is 0.291 e. The summed E-state index contributed by atoms with van der Waals surface area (Å²) in [5, 5.41) is 9.85. The van der Waals surface area contributed by atoms with E-state index in [2.05, 4.69) is 15.7 Å². The minimum absolute atomic E-state index is 0.215. The first-order valence-corrected chi connectivity index (χ1v) is 9.54. The van der Waals surface area contributed by atoms with Crippen LogP contribution in [0.15, 0.2) is 77.5 Å². The molecule has 8 heteroatoms. The van der Waals surface area contributed by atoms with E-state index < -0.39 is 0 Å². The third-order valence-electron chi connectivity index (χ3n) is 4.71. The summed E-state index contributed by atoms with van der Waals surface area (Å²) in [5.41, 5.74) is 3.13. The van der Waals surface area contributed by atoms with Crippen LogP contribution in [0.4, 0.5) is 10.1 Å². The molecule has 0 saturated carbocycles. The molecule has 2 aromatic heterocycles. The van der Waals surface area contributed by atoms with E-state index in [-0.39, 0.29) is 29.9 Å². The minimum Gasteiger partial charge on any atom is -0.459 e. The van der Waals surface area contributed by atoms with Gasteiger partial charge >= 0.3 is 0 Å². The van der Waals surface area contributed by atoms with Crippen LogP contribution in [0.3, 0.4) is 0 Å². The molecule has 2 amide bonds. The first-order valence-electron chi connectivity index (χ1n) is 9.54. The Morgan fingerprint density at radius 3 is 2.61 bits per heavy atom. The second kappa shape index (κ2) is 8.66. The van der Waals surface area contributed by atoms with E-state index in [1.807, 2.05) is 6.07 Å². The number of hydrogen-bond acceptors (Lipinski definition) is 4. The number of rotatable bonds is 6. The van der Waals surface area contributed by atoms with Crippen molar-refractivity contribution < 1.29 is 18.4 Å². The van der Waals surface area contributed by atoms with Crippen molar-refractivity contribution in [1.82, 2.24) is 15.1 Å². The van der Waals surface area contributed by atoms with Gasteiger partial charge in [0.05, 0.1) is 29.4 Å². The SMILES string of the molecule is Cc1c(C(=O)NCc2cccc(NC(=O)c3ccco3)c2)cnn1-c1ccc(F)cc1. The molecule has 4 aromatic rings. The number of benzene rings is 2. The van der Waals surface area contributed by atoms with Crippen LogP contribution in [0.1, 0.15) is 32.2 Å². The molecule has 4 rings (SSSR count). The summed E-state index contributed by atoms with van der Waals surface area (Å²) < 4.78 is 19.8. The molecule has 2 heterocycles. The standard InChI is InChI=1S/C23H19FN4O3/c1-15-20(14-26-28(15)19-9-7-17(24)8-10-19)22(29)25-13-16-4-2-5-18(12-16)27-23(30)21-6-3-11-31-21/h2-12,14H,13H2,1H3,(H,25,29)(H,27,30). The van der Waals surface area contributed by atoms with Crippen LogP contribution in [0.25, 0.3) is 5.69 Å². The van der Waals surface area contributed by atoms with Gasteiger partial charge in [-0.3, -0.25) is 9.59 Å². The summed E-state index contributed by atoms with van der Waals surface area (Å²) in [4.78, 5) is 24.8. The van der Waals surface area contributed by atoms with Crippen LogP contribution in [0.5, 0.6) is 0 Å². The van der Waals surface area contributed by atoms with Crippen molar-refractivity contribution in [2.75, 3.05) is 5.32 Å². The summed E-state index contributed by atoms with van der Waals surface area (Å²) in [6.07, 6.45) is 2.91. The normalized spacial score (nSPS) is 10.6. The number of hydrogen-bond donors (Lipinski definition) is 2. The van der Waals surface area contributed by atoms with Crippen molar-refractivity contribution in [3.63, 3.8) is 0 Å². The van der Waals surface area contributed by atoms with Gasteiger partial charge in [0.1, 0.15) is 5.82 Å². The number of nitrogens with one attached hydrogen (secondary N) is 2. The zero-order chi connectivity index (χ0) is 21.8. The lowest BCUT2D eigenvalue weighted by atomic mass is 10.2. The van der Waals surface area contributed by atoms with Crippen LogP contribution >= 0.6 is 0 Å². The number of carbonyl (C=O) groups is 2. The number of carbonyl (C=O) groups excluding carboxylic acids is 2. The number of aromatic nitrogens is 2. The molecule has 0 spiro atoms. The van der Waals surface area contributed by atoms with Gasteiger partial charge in [-0.05, 0) is 61.0 Å². The van der Waals surface area contributed by atoms with Crippen molar-refractivity contribution >= 4 is 17.5 Å². The van der Waals surface area contributed by atoms with E-state index in [0.717, 1.165) is 5.56 Å². The van der Waals surface area contributed by atoms with E-state index in [1.165, 1.54) is 24.6 Å². The first kappa shape index (κ1) is 20.1. The third-order valence-corrected chi connectivity index (χ3v) is 4.71. The van der Waals surface area contributed by atoms with Gasteiger partial charge in [-0.25, -0.2) is 9.07 Å². The van der Waals surface area contributed by atoms with E-state index in [0.29, 0.717) is 22.6 Å². The largest absolute Gasteiger partial charge is 0.459 e. The Kier molecular flexibility index (Phi) is 5.61. The fourth-order valence-corrected chi connectivity index (χ4v) is 3.11. The summed E-state index contributed by atoms with van der Waals surface area (Å²) >= 11 is 0. The summed E-state index contributed by atoms with van der Waals surface area (Å²) in [6.45, 7) is 2.04. The molecule has 2 N–H and O–H groups in total. The Hall–Kier alpha value is -4.20. The number of amides is 2. The minimum atomic E-state index is -0.352. The van der Waals surface area contributed by atoms with Gasteiger partial charge in [-0.15, -0.1) is 0 Å². The van der Waals surface area contributed by atoms with Gasteiger partial charge in [0.2, 0.25) is 0 Å². The predicted octanol–water partition coefficient (Wildman–Crippen LogP) is 4.10. The molecule has 0 aliphatic rings. The quantitative estimate of drug-likeness (QED) is 0.494. The van der Waals surface area contributed by atoms with E-state index in [9.17, 15) is 14.0 Å². The van der Waals surface area contributed by atoms with Gasteiger partial charge in [0.25, 0.3) is 11.8 Å². The van der Waals surface area contributed by atoms with Crippen molar-refractivity contribution in [2.45, 2.75) is 13.5 Å². The fraction of sp³-hybridized carbons (Fsp3) is 0.0870. The Morgan fingerprint density at radius 1 is 1.06 bits per heavy atom. The average Bonchev–Trinajstić information content (AvgIpc) is 3.43. The van der Waals surface area contributed by atoms with Crippen molar-refractivity contribution in [3.05, 3.63) is 102 Å². The molecule has 0 saturated heterocycles. The zero-order valence-corrected chi connectivity index (χ0v) is 16.6. The molecular weight excluding hydrogens is 399 g/mol. The lowest BCUT2D eigenvalue weighted by Crippen LogP contribution is -2.23. The topological polar surface area (TPSA) is 89.2 Å². The molecule has 0 unspecified atom stereocenters. The van der Waals surface area contributed by atoms with Gasteiger partial charge in [0, 0.05) is 12.2 Å². The summed E-state index contributed by atoms with van der Waals surface area (Å²) in [7, 11) is 0. The predicted molar refractivity (Wildman–Crippen MR) is 113 cm³/mol. The van der Waals surface area contributed by atoms with Gasteiger partial charge in [-0.2, -0.15) is 5.10 Å². The number of anilines is 1. The Morgan fingerprint density at radius 2 is 1.87 bits per heavy atom. The highest BCUT2D eigenvalue weighted by atomic mass is 19.1. The highest BCUT2D eigenvalue weighted by molar-refractivity contribution is 6.02. The molecule has 0 aliphatic carbocycles. The molecular formula is C23H19FN4O3. The van der Waals surface area contributed by atoms with Crippen LogP contribution in [-0.2, 0) is 6.54 Å². The van der Waals surface area contributed by atoms with Gasteiger partial charge < -0.3 is 15.1 Å².